The number of alkyl halides is 3. The number of hydrogen-bond donors (Lipinski definition) is 1. The molecule has 0 radical (unpaired) electrons. The zero-order valence-corrected chi connectivity index (χ0v) is 18.9. The summed E-state index contributed by atoms with van der Waals surface area (Å²) in [4.78, 5) is 37.2. The van der Waals surface area contributed by atoms with Crippen LogP contribution in [0.15, 0.2) is 47.4 Å². The van der Waals surface area contributed by atoms with Crippen LogP contribution < -0.4 is 14.4 Å². The van der Waals surface area contributed by atoms with Gasteiger partial charge in [0.15, 0.2) is 17.6 Å². The van der Waals surface area contributed by atoms with Gasteiger partial charge in [0.25, 0.3) is 11.1 Å². The number of carbonyl (C=O) groups is 3. The van der Waals surface area contributed by atoms with Gasteiger partial charge >= 0.3 is 12.1 Å². The number of aliphatic carboxylic acids is 1. The van der Waals surface area contributed by atoms with Crippen LogP contribution in [0.4, 0.5) is 23.7 Å². The molecular formula is C23H20F3NO6S. The third kappa shape index (κ3) is 5.53. The lowest BCUT2D eigenvalue weighted by Gasteiger charge is -2.17. The minimum atomic E-state index is -4.62. The van der Waals surface area contributed by atoms with E-state index in [1.807, 2.05) is 0 Å². The molecule has 1 fully saturated rings. The summed E-state index contributed by atoms with van der Waals surface area (Å²) in [6, 6.07) is 8.52. The van der Waals surface area contributed by atoms with E-state index in [1.54, 1.807) is 19.9 Å². The minimum Gasteiger partial charge on any atom is -0.490 e. The van der Waals surface area contributed by atoms with Crippen LogP contribution in [0.5, 0.6) is 11.5 Å². The van der Waals surface area contributed by atoms with Crippen molar-refractivity contribution >= 4 is 40.6 Å². The third-order valence-electron chi connectivity index (χ3n) is 4.71. The minimum absolute atomic E-state index is 0.00972. The highest BCUT2D eigenvalue weighted by molar-refractivity contribution is 8.19. The Balaban J connectivity index is 1.90. The quantitative estimate of drug-likeness (QED) is 0.478. The average molecular weight is 495 g/mol. The van der Waals surface area contributed by atoms with Crippen LogP contribution in [-0.4, -0.2) is 34.9 Å². The number of halogens is 3. The second kappa shape index (κ2) is 10.2. The van der Waals surface area contributed by atoms with E-state index in [9.17, 15) is 32.7 Å². The van der Waals surface area contributed by atoms with Crippen molar-refractivity contribution in [1.29, 1.82) is 0 Å². The number of nitrogens with zero attached hydrogens (tertiary/aromatic N) is 1. The van der Waals surface area contributed by atoms with Gasteiger partial charge < -0.3 is 14.6 Å². The van der Waals surface area contributed by atoms with Gasteiger partial charge in [-0.2, -0.15) is 13.2 Å². The van der Waals surface area contributed by atoms with Gasteiger partial charge in [0.05, 0.1) is 22.8 Å². The fourth-order valence-corrected chi connectivity index (χ4v) is 3.95. The highest BCUT2D eigenvalue weighted by atomic mass is 32.2. The van der Waals surface area contributed by atoms with E-state index in [4.69, 9.17) is 9.47 Å². The Hall–Kier alpha value is -3.47. The summed E-state index contributed by atoms with van der Waals surface area (Å²) in [6.07, 6.45) is -4.07. The molecule has 0 bridgehead atoms. The normalized spacial score (nSPS) is 16.1. The van der Waals surface area contributed by atoms with E-state index in [2.05, 4.69) is 0 Å². The second-order valence-corrected chi connectivity index (χ2v) is 8.05. The molecule has 2 amide bonds. The average Bonchev–Trinajstić information content (AvgIpc) is 3.05. The fourth-order valence-electron chi connectivity index (χ4n) is 3.10. The van der Waals surface area contributed by atoms with Crippen LogP contribution in [0.25, 0.3) is 6.08 Å². The number of ether oxygens (including phenoxy) is 2. The first-order valence-corrected chi connectivity index (χ1v) is 11.0. The van der Waals surface area contributed by atoms with E-state index >= 15 is 0 Å². The molecule has 34 heavy (non-hydrogen) atoms. The molecule has 1 saturated heterocycles. The zero-order chi connectivity index (χ0) is 25.0. The first-order valence-electron chi connectivity index (χ1n) is 10.2. The lowest BCUT2D eigenvalue weighted by atomic mass is 10.1. The molecule has 2 aromatic rings. The van der Waals surface area contributed by atoms with Gasteiger partial charge in [-0.3, -0.25) is 9.59 Å². The van der Waals surface area contributed by atoms with Crippen molar-refractivity contribution < 1.29 is 42.1 Å². The summed E-state index contributed by atoms with van der Waals surface area (Å²) in [7, 11) is 0. The predicted octanol–water partition coefficient (Wildman–Crippen LogP) is 5.59. The topological polar surface area (TPSA) is 93.1 Å². The molecular weight excluding hydrogens is 475 g/mol. The highest BCUT2D eigenvalue weighted by Gasteiger charge is 2.38. The summed E-state index contributed by atoms with van der Waals surface area (Å²) in [5.74, 6) is -1.44. The Labute approximate surface area is 197 Å². The first-order chi connectivity index (χ1) is 16.0. The van der Waals surface area contributed by atoms with Crippen molar-refractivity contribution in [1.82, 2.24) is 0 Å². The van der Waals surface area contributed by atoms with Crippen LogP contribution >= 0.6 is 11.8 Å². The van der Waals surface area contributed by atoms with Crippen molar-refractivity contribution in [3.8, 4) is 11.5 Å². The molecule has 7 nitrogen and oxygen atoms in total. The molecule has 0 aliphatic carbocycles. The monoisotopic (exact) mass is 495 g/mol. The van der Waals surface area contributed by atoms with Gasteiger partial charge in [-0.1, -0.05) is 19.1 Å². The molecule has 3 rings (SSSR count). The number of anilines is 1. The Bertz CT molecular complexity index is 1150. The highest BCUT2D eigenvalue weighted by Crippen LogP contribution is 2.39. The van der Waals surface area contributed by atoms with E-state index in [1.165, 1.54) is 24.3 Å². The van der Waals surface area contributed by atoms with E-state index in [-0.39, 0.29) is 35.1 Å². The van der Waals surface area contributed by atoms with Gasteiger partial charge in [0.2, 0.25) is 0 Å². The van der Waals surface area contributed by atoms with E-state index in [0.717, 1.165) is 18.2 Å². The molecule has 0 saturated carbocycles. The number of carbonyl (C=O) groups excluding carboxylic acids is 2. The van der Waals surface area contributed by atoms with Crippen LogP contribution in [-0.2, 0) is 15.8 Å². The predicted molar refractivity (Wildman–Crippen MR) is 120 cm³/mol. The molecule has 1 aliphatic rings. The van der Waals surface area contributed by atoms with Gasteiger partial charge in [-0.15, -0.1) is 0 Å². The van der Waals surface area contributed by atoms with Crippen molar-refractivity contribution in [2.75, 3.05) is 11.5 Å². The van der Waals surface area contributed by atoms with Crippen molar-refractivity contribution in [3.63, 3.8) is 0 Å². The molecule has 1 N–H and O–H groups in total. The smallest absolute Gasteiger partial charge is 0.416 e. The molecule has 1 aliphatic heterocycles. The maximum atomic E-state index is 13.0. The summed E-state index contributed by atoms with van der Waals surface area (Å²) in [6.45, 7) is 3.65. The van der Waals surface area contributed by atoms with Crippen LogP contribution in [0.1, 0.15) is 31.4 Å². The number of imide groups is 1. The van der Waals surface area contributed by atoms with Gasteiger partial charge in [0.1, 0.15) is 0 Å². The van der Waals surface area contributed by atoms with E-state index < -0.39 is 35.0 Å². The lowest BCUT2D eigenvalue weighted by Crippen LogP contribution is -2.28. The largest absolute Gasteiger partial charge is 0.490 e. The molecule has 2 aromatic carbocycles. The second-order valence-electron chi connectivity index (χ2n) is 7.06. The van der Waals surface area contributed by atoms with Crippen molar-refractivity contribution in [2.24, 2.45) is 0 Å². The SMILES string of the molecule is CCOc1cc(/C=C2/SC(=O)N(c3cccc(C(F)(F)F)c3)C2=O)ccc1OC(CC)C(=O)O. The van der Waals surface area contributed by atoms with Gasteiger partial charge in [-0.25, -0.2) is 9.69 Å². The summed E-state index contributed by atoms with van der Waals surface area (Å²) in [5.41, 5.74) is -0.704. The van der Waals surface area contributed by atoms with Crippen molar-refractivity contribution in [2.45, 2.75) is 32.5 Å². The van der Waals surface area contributed by atoms with Crippen molar-refractivity contribution in [3.05, 3.63) is 58.5 Å². The maximum Gasteiger partial charge on any atom is 0.416 e. The number of amides is 2. The Kier molecular flexibility index (Phi) is 7.55. The molecule has 180 valence electrons. The van der Waals surface area contributed by atoms with Crippen LogP contribution in [0.2, 0.25) is 0 Å². The molecule has 0 spiro atoms. The standard InChI is InChI=1S/C23H20F3NO6S/c1-3-16(21(29)30)33-17-9-8-13(10-18(17)32-4-2)11-19-20(28)27(22(31)34-19)15-7-5-6-14(12-15)23(24,25)26/h5-12,16H,3-4H2,1-2H3,(H,29,30)/b19-11+. The first kappa shape index (κ1) is 25.2. The Morgan fingerprint density at radius 1 is 1.15 bits per heavy atom. The summed E-state index contributed by atoms with van der Waals surface area (Å²) < 4.78 is 50.1. The third-order valence-corrected chi connectivity index (χ3v) is 5.58. The number of carboxylic acid groups (broad SMARTS) is 1. The number of rotatable bonds is 8. The molecule has 1 heterocycles. The molecule has 1 unspecified atom stereocenters. The number of thioether (sulfide) groups is 1. The summed E-state index contributed by atoms with van der Waals surface area (Å²) in [5, 5.41) is 8.49. The molecule has 1 atom stereocenters. The number of carboxylic acids is 1. The van der Waals surface area contributed by atoms with Crippen LogP contribution in [0, 0.1) is 0 Å². The van der Waals surface area contributed by atoms with Gasteiger partial charge in [0, 0.05) is 0 Å². The molecule has 11 heteroatoms. The summed E-state index contributed by atoms with van der Waals surface area (Å²) >= 11 is 0.594. The lowest BCUT2D eigenvalue weighted by molar-refractivity contribution is -0.145. The zero-order valence-electron chi connectivity index (χ0n) is 18.1. The fraction of sp³-hybridized carbons (Fsp3) is 0.261. The number of benzene rings is 2. The maximum absolute atomic E-state index is 13.0. The van der Waals surface area contributed by atoms with E-state index in [0.29, 0.717) is 22.2 Å². The Morgan fingerprint density at radius 3 is 2.50 bits per heavy atom. The number of hydrogen-bond acceptors (Lipinski definition) is 6. The Morgan fingerprint density at radius 2 is 1.88 bits per heavy atom. The molecule has 0 aromatic heterocycles. The van der Waals surface area contributed by atoms with Gasteiger partial charge in [-0.05, 0) is 67.1 Å². The van der Waals surface area contributed by atoms with Crippen LogP contribution in [0.3, 0.4) is 0 Å².